The number of carbonyl (C=O) groups excluding carboxylic acids is 1. The molecule has 1 amide bonds. The van der Waals surface area contributed by atoms with Crippen molar-refractivity contribution in [3.63, 3.8) is 0 Å². The molecule has 1 aromatic rings. The van der Waals surface area contributed by atoms with E-state index >= 15 is 0 Å². The maximum Gasteiger partial charge on any atom is 0.252 e. The van der Waals surface area contributed by atoms with E-state index < -0.39 is 10.0 Å². The lowest BCUT2D eigenvalue weighted by Crippen LogP contribution is -2.49. The van der Waals surface area contributed by atoms with Crippen LogP contribution >= 0.6 is 11.3 Å². The molecule has 1 saturated carbocycles. The van der Waals surface area contributed by atoms with E-state index in [0.29, 0.717) is 36.1 Å². The number of amides is 1. The van der Waals surface area contributed by atoms with Gasteiger partial charge < -0.3 is 4.90 Å². The molecular formula is C19H28N2O3S2. The monoisotopic (exact) mass is 396 g/mol. The van der Waals surface area contributed by atoms with E-state index in [0.717, 1.165) is 25.4 Å². The van der Waals surface area contributed by atoms with Crippen molar-refractivity contribution in [1.82, 2.24) is 9.21 Å². The topological polar surface area (TPSA) is 57.7 Å². The lowest BCUT2D eigenvalue weighted by Gasteiger charge is -2.43. The number of hydrogen-bond donors (Lipinski definition) is 0. The number of nitrogens with zero attached hydrogens (tertiary/aromatic N) is 2. The Bertz CT molecular complexity index is 724. The number of thiophene rings is 1. The molecule has 5 nitrogen and oxygen atoms in total. The molecule has 2 aliphatic heterocycles. The van der Waals surface area contributed by atoms with Gasteiger partial charge in [-0.1, -0.05) is 25.3 Å². The molecule has 0 spiro atoms. The number of likely N-dealkylation sites (tertiary alicyclic amines) is 1. The summed E-state index contributed by atoms with van der Waals surface area (Å²) in [7, 11) is -3.38. The quantitative estimate of drug-likeness (QED) is 0.788. The molecule has 0 aromatic carbocycles. The van der Waals surface area contributed by atoms with Crippen LogP contribution in [0.15, 0.2) is 21.7 Å². The molecule has 2 saturated heterocycles. The van der Waals surface area contributed by atoms with E-state index in [4.69, 9.17) is 0 Å². The van der Waals surface area contributed by atoms with Crippen molar-refractivity contribution in [3.8, 4) is 0 Å². The van der Waals surface area contributed by atoms with Gasteiger partial charge >= 0.3 is 0 Å². The number of carbonyl (C=O) groups is 1. The fourth-order valence-electron chi connectivity index (χ4n) is 4.94. The van der Waals surface area contributed by atoms with Crippen molar-refractivity contribution >= 4 is 27.3 Å². The smallest absolute Gasteiger partial charge is 0.252 e. The van der Waals surface area contributed by atoms with E-state index in [1.807, 2.05) is 0 Å². The zero-order valence-corrected chi connectivity index (χ0v) is 16.8. The minimum absolute atomic E-state index is 0.00933. The molecule has 144 valence electrons. The molecule has 0 radical (unpaired) electrons. The van der Waals surface area contributed by atoms with Crippen molar-refractivity contribution in [3.05, 3.63) is 17.5 Å². The first-order valence-corrected chi connectivity index (χ1v) is 12.2. The van der Waals surface area contributed by atoms with Crippen LogP contribution < -0.4 is 0 Å². The minimum Gasteiger partial charge on any atom is -0.342 e. The fraction of sp³-hybridized carbons (Fsp3) is 0.737. The Morgan fingerprint density at radius 1 is 1.00 bits per heavy atom. The van der Waals surface area contributed by atoms with Gasteiger partial charge in [-0.15, -0.1) is 11.3 Å². The van der Waals surface area contributed by atoms with Crippen LogP contribution in [0.1, 0.15) is 44.9 Å². The third-order valence-corrected chi connectivity index (χ3v) is 9.77. The Morgan fingerprint density at radius 2 is 1.73 bits per heavy atom. The number of fused-ring (bicyclic) bond motifs is 1. The lowest BCUT2D eigenvalue weighted by molar-refractivity contribution is -0.139. The molecule has 2 atom stereocenters. The molecule has 0 bridgehead atoms. The van der Waals surface area contributed by atoms with Crippen molar-refractivity contribution in [1.29, 1.82) is 0 Å². The molecule has 7 heteroatoms. The van der Waals surface area contributed by atoms with Gasteiger partial charge in [-0.2, -0.15) is 4.31 Å². The molecule has 3 fully saturated rings. The third kappa shape index (κ3) is 3.58. The van der Waals surface area contributed by atoms with Gasteiger partial charge in [-0.25, -0.2) is 8.42 Å². The molecule has 1 aliphatic carbocycles. The summed E-state index contributed by atoms with van der Waals surface area (Å²) < 4.78 is 27.2. The number of hydrogen-bond acceptors (Lipinski definition) is 4. The SMILES string of the molecule is O=C(C1CCN(S(=O)(=O)c2cccs2)CC1)N1CC[C@@H]2CCCC[C@@H]2C1. The third-order valence-electron chi connectivity index (χ3n) is 6.50. The van der Waals surface area contributed by atoms with Gasteiger partial charge in [-0.3, -0.25) is 4.79 Å². The zero-order chi connectivity index (χ0) is 18.1. The summed E-state index contributed by atoms with van der Waals surface area (Å²) in [5, 5.41) is 1.79. The van der Waals surface area contributed by atoms with Crippen molar-refractivity contribution in [2.75, 3.05) is 26.2 Å². The Labute approximate surface area is 160 Å². The highest BCUT2D eigenvalue weighted by Gasteiger charge is 2.37. The van der Waals surface area contributed by atoms with Gasteiger partial charge in [0.1, 0.15) is 4.21 Å². The van der Waals surface area contributed by atoms with Gasteiger partial charge in [0.2, 0.25) is 5.91 Å². The van der Waals surface area contributed by atoms with Crippen LogP contribution in [0.4, 0.5) is 0 Å². The summed E-state index contributed by atoms with van der Waals surface area (Å²) in [4.78, 5) is 15.1. The maximum absolute atomic E-state index is 13.0. The van der Waals surface area contributed by atoms with E-state index in [9.17, 15) is 13.2 Å². The van der Waals surface area contributed by atoms with E-state index in [1.165, 1.54) is 37.0 Å². The fourth-order valence-corrected chi connectivity index (χ4v) is 7.55. The average molecular weight is 397 g/mol. The second kappa shape index (κ2) is 7.60. The highest BCUT2D eigenvalue weighted by Crippen LogP contribution is 2.37. The standard InChI is InChI=1S/C19H28N2O3S2/c22-19(20-10-7-15-4-1-2-5-17(15)14-20)16-8-11-21(12-9-16)26(23,24)18-6-3-13-25-18/h3,6,13,15-17H,1-2,4-5,7-12,14H2/t15-,17+/m0/s1. The lowest BCUT2D eigenvalue weighted by atomic mass is 9.75. The van der Waals surface area contributed by atoms with Crippen molar-refractivity contribution in [2.45, 2.75) is 49.2 Å². The summed E-state index contributed by atoms with van der Waals surface area (Å²) in [5.74, 6) is 1.78. The highest BCUT2D eigenvalue weighted by molar-refractivity contribution is 7.91. The van der Waals surface area contributed by atoms with Crippen LogP contribution in [0.2, 0.25) is 0 Å². The molecule has 0 N–H and O–H groups in total. The van der Waals surface area contributed by atoms with Crippen molar-refractivity contribution < 1.29 is 13.2 Å². The zero-order valence-electron chi connectivity index (χ0n) is 15.2. The van der Waals surface area contributed by atoms with Gasteiger partial charge in [0.15, 0.2) is 0 Å². The Kier molecular flexibility index (Phi) is 5.39. The van der Waals surface area contributed by atoms with Crippen LogP contribution in [0.25, 0.3) is 0 Å². The molecule has 1 aromatic heterocycles. The predicted molar refractivity (Wildman–Crippen MR) is 102 cm³/mol. The summed E-state index contributed by atoms with van der Waals surface area (Å²) in [6, 6.07) is 3.42. The molecule has 3 aliphatic rings. The van der Waals surface area contributed by atoms with Crippen LogP contribution in [0.3, 0.4) is 0 Å². The molecule has 26 heavy (non-hydrogen) atoms. The van der Waals surface area contributed by atoms with E-state index in [1.54, 1.807) is 21.8 Å². The molecule has 0 unspecified atom stereocenters. The largest absolute Gasteiger partial charge is 0.342 e. The Balaban J connectivity index is 1.34. The summed E-state index contributed by atoms with van der Waals surface area (Å²) in [5.41, 5.74) is 0. The number of sulfonamides is 1. The average Bonchev–Trinajstić information content (AvgIpc) is 3.23. The van der Waals surface area contributed by atoms with E-state index in [2.05, 4.69) is 4.90 Å². The number of piperidine rings is 2. The summed E-state index contributed by atoms with van der Waals surface area (Å²) in [6.07, 6.45) is 7.72. The second-order valence-corrected chi connectivity index (χ2v) is 11.1. The minimum atomic E-state index is -3.38. The molecule has 3 heterocycles. The van der Waals surface area contributed by atoms with E-state index in [-0.39, 0.29) is 11.8 Å². The second-order valence-electron chi connectivity index (χ2n) is 7.99. The number of rotatable bonds is 3. The Hall–Kier alpha value is -0.920. The maximum atomic E-state index is 13.0. The summed E-state index contributed by atoms with van der Waals surface area (Å²) in [6.45, 7) is 2.73. The van der Waals surface area contributed by atoms with Crippen LogP contribution in [0, 0.1) is 17.8 Å². The van der Waals surface area contributed by atoms with Crippen LogP contribution in [-0.4, -0.2) is 49.7 Å². The normalized spacial score (nSPS) is 28.7. The van der Waals surface area contributed by atoms with Gasteiger partial charge in [0, 0.05) is 32.1 Å². The van der Waals surface area contributed by atoms with Gasteiger partial charge in [0.05, 0.1) is 0 Å². The molecular weight excluding hydrogens is 368 g/mol. The first-order valence-electron chi connectivity index (χ1n) is 9.88. The first kappa shape index (κ1) is 18.4. The molecule has 4 rings (SSSR count). The van der Waals surface area contributed by atoms with Crippen LogP contribution in [0.5, 0.6) is 0 Å². The van der Waals surface area contributed by atoms with Crippen LogP contribution in [-0.2, 0) is 14.8 Å². The Morgan fingerprint density at radius 3 is 2.42 bits per heavy atom. The van der Waals surface area contributed by atoms with Gasteiger partial charge in [0.25, 0.3) is 10.0 Å². The summed E-state index contributed by atoms with van der Waals surface area (Å²) >= 11 is 1.26. The van der Waals surface area contributed by atoms with Gasteiger partial charge in [-0.05, 0) is 49.0 Å². The predicted octanol–water partition coefficient (Wildman–Crippen LogP) is 3.19. The van der Waals surface area contributed by atoms with Crippen molar-refractivity contribution in [2.24, 2.45) is 17.8 Å². The first-order chi connectivity index (χ1) is 12.6. The highest BCUT2D eigenvalue weighted by atomic mass is 32.2.